The molecule has 2 aromatic carbocycles. The maximum Gasteiger partial charge on any atom is 0.322 e. The third-order valence-electron chi connectivity index (χ3n) is 6.55. The lowest BCUT2D eigenvalue weighted by Gasteiger charge is -2.35. The fourth-order valence-corrected chi connectivity index (χ4v) is 5.10. The predicted molar refractivity (Wildman–Crippen MR) is 139 cm³/mol. The number of thiophene rings is 1. The molecule has 1 N–H and O–H groups in total. The van der Waals surface area contributed by atoms with E-state index in [4.69, 9.17) is 9.51 Å². The van der Waals surface area contributed by atoms with Crippen LogP contribution in [0.4, 0.5) is 4.79 Å². The first-order valence-corrected chi connectivity index (χ1v) is 12.7. The molecule has 6 nitrogen and oxygen atoms in total. The van der Waals surface area contributed by atoms with Crippen molar-refractivity contribution in [1.29, 1.82) is 0 Å². The Hall–Kier alpha value is -3.71. The zero-order valence-corrected chi connectivity index (χ0v) is 20.9. The van der Waals surface area contributed by atoms with Crippen molar-refractivity contribution in [2.24, 2.45) is 0 Å². The van der Waals surface area contributed by atoms with Crippen LogP contribution in [-0.2, 0) is 6.42 Å². The molecule has 1 unspecified atom stereocenters. The molecule has 1 atom stereocenters. The van der Waals surface area contributed by atoms with Gasteiger partial charge in [0.1, 0.15) is 0 Å². The number of nitrogens with zero attached hydrogens (tertiary/aromatic N) is 3. The van der Waals surface area contributed by atoms with Gasteiger partial charge in [0.2, 0.25) is 5.82 Å². The van der Waals surface area contributed by atoms with Crippen LogP contribution in [0.5, 0.6) is 0 Å². The standard InChI is InChI=1S/C28H28N4O2S/c1-18-13-14-22(17-19(18)2)25-24(27-30-26(31-34-27)23-12-8-16-35-23)20(3)32(28(33)29-25)15-7-11-21-9-5-4-6-10-21/h4-6,8-10,12-14,16-17,25H,7,11,15H2,1-3H3,(H,29,33). The molecule has 2 amide bonds. The highest BCUT2D eigenvalue weighted by Gasteiger charge is 2.35. The maximum atomic E-state index is 13.3. The fourth-order valence-electron chi connectivity index (χ4n) is 4.45. The van der Waals surface area contributed by atoms with Crippen LogP contribution >= 0.6 is 11.3 Å². The van der Waals surface area contributed by atoms with Gasteiger partial charge in [-0.25, -0.2) is 4.79 Å². The van der Waals surface area contributed by atoms with Crippen LogP contribution < -0.4 is 5.32 Å². The quantitative estimate of drug-likeness (QED) is 0.323. The first-order chi connectivity index (χ1) is 17.0. The second kappa shape index (κ2) is 9.88. The van der Waals surface area contributed by atoms with Gasteiger partial charge in [0, 0.05) is 12.2 Å². The summed E-state index contributed by atoms with van der Waals surface area (Å²) < 4.78 is 5.77. The molecule has 0 saturated carbocycles. The number of carbonyl (C=O) groups is 1. The van der Waals surface area contributed by atoms with E-state index >= 15 is 0 Å². The Morgan fingerprint density at radius 2 is 1.86 bits per heavy atom. The van der Waals surface area contributed by atoms with E-state index in [9.17, 15) is 4.79 Å². The minimum Gasteiger partial charge on any atom is -0.334 e. The Labute approximate surface area is 209 Å². The zero-order valence-electron chi connectivity index (χ0n) is 20.1. The summed E-state index contributed by atoms with van der Waals surface area (Å²) in [6.07, 6.45) is 1.75. The van der Waals surface area contributed by atoms with E-state index in [2.05, 4.69) is 54.7 Å². The van der Waals surface area contributed by atoms with Crippen LogP contribution in [0.3, 0.4) is 0 Å². The van der Waals surface area contributed by atoms with Crippen molar-refractivity contribution in [2.45, 2.75) is 39.7 Å². The number of allylic oxidation sites excluding steroid dienone is 1. The van der Waals surface area contributed by atoms with Gasteiger partial charge in [0.05, 0.1) is 16.5 Å². The van der Waals surface area contributed by atoms with Gasteiger partial charge in [-0.2, -0.15) is 4.98 Å². The Kier molecular flexibility index (Phi) is 6.51. The molecule has 0 aliphatic carbocycles. The largest absolute Gasteiger partial charge is 0.334 e. The van der Waals surface area contributed by atoms with Crippen molar-refractivity contribution in [3.63, 3.8) is 0 Å². The number of aromatic nitrogens is 2. The summed E-state index contributed by atoms with van der Waals surface area (Å²) in [5.74, 6) is 0.990. The van der Waals surface area contributed by atoms with Crippen LogP contribution in [0.2, 0.25) is 0 Å². The van der Waals surface area contributed by atoms with E-state index in [0.29, 0.717) is 18.3 Å². The normalized spacial score (nSPS) is 16.0. The fraction of sp³-hybridized carbons (Fsp3) is 0.250. The smallest absolute Gasteiger partial charge is 0.322 e. The van der Waals surface area contributed by atoms with Crippen LogP contribution in [0.25, 0.3) is 16.3 Å². The maximum absolute atomic E-state index is 13.3. The van der Waals surface area contributed by atoms with Crippen molar-refractivity contribution in [2.75, 3.05) is 6.54 Å². The first-order valence-electron chi connectivity index (χ1n) is 11.8. The molecule has 0 bridgehead atoms. The molecule has 7 heteroatoms. The van der Waals surface area contributed by atoms with Gasteiger partial charge in [-0.1, -0.05) is 59.8 Å². The summed E-state index contributed by atoms with van der Waals surface area (Å²) in [5.41, 5.74) is 6.31. The Morgan fingerprint density at radius 3 is 2.60 bits per heavy atom. The summed E-state index contributed by atoms with van der Waals surface area (Å²) in [4.78, 5) is 20.7. The molecular weight excluding hydrogens is 456 g/mol. The summed E-state index contributed by atoms with van der Waals surface area (Å²) in [6, 6.07) is 20.1. The van der Waals surface area contributed by atoms with E-state index in [-0.39, 0.29) is 12.1 Å². The number of hydrogen-bond acceptors (Lipinski definition) is 5. The van der Waals surface area contributed by atoms with Crippen LogP contribution in [-0.4, -0.2) is 27.6 Å². The Balaban J connectivity index is 1.50. The molecule has 2 aromatic heterocycles. The lowest BCUT2D eigenvalue weighted by Crippen LogP contribution is -2.46. The lowest BCUT2D eigenvalue weighted by atomic mass is 9.92. The Morgan fingerprint density at radius 1 is 1.03 bits per heavy atom. The second-order valence-electron chi connectivity index (χ2n) is 8.87. The Bertz CT molecular complexity index is 1360. The predicted octanol–water partition coefficient (Wildman–Crippen LogP) is 6.55. The molecule has 178 valence electrons. The summed E-state index contributed by atoms with van der Waals surface area (Å²) >= 11 is 1.57. The van der Waals surface area contributed by atoms with Gasteiger partial charge >= 0.3 is 6.03 Å². The number of amides is 2. The second-order valence-corrected chi connectivity index (χ2v) is 9.81. The van der Waals surface area contributed by atoms with E-state index in [1.54, 1.807) is 16.2 Å². The molecule has 35 heavy (non-hydrogen) atoms. The number of nitrogens with one attached hydrogen (secondary N) is 1. The highest BCUT2D eigenvalue weighted by Crippen LogP contribution is 2.38. The first kappa shape index (κ1) is 23.1. The van der Waals surface area contributed by atoms with Gasteiger partial charge < -0.3 is 9.84 Å². The molecule has 4 aromatic rings. The lowest BCUT2D eigenvalue weighted by molar-refractivity contribution is 0.204. The molecule has 5 rings (SSSR count). The number of benzene rings is 2. The topological polar surface area (TPSA) is 71.3 Å². The highest BCUT2D eigenvalue weighted by molar-refractivity contribution is 7.13. The highest BCUT2D eigenvalue weighted by atomic mass is 32.1. The molecule has 1 aliphatic rings. The van der Waals surface area contributed by atoms with Gasteiger partial charge in [-0.3, -0.25) is 4.90 Å². The third kappa shape index (κ3) is 4.77. The van der Waals surface area contributed by atoms with Gasteiger partial charge in [-0.05, 0) is 67.3 Å². The third-order valence-corrected chi connectivity index (χ3v) is 7.41. The number of aryl methyl sites for hydroxylation is 3. The van der Waals surface area contributed by atoms with Gasteiger partial charge in [0.15, 0.2) is 0 Å². The average molecular weight is 485 g/mol. The van der Waals surface area contributed by atoms with Crippen molar-refractivity contribution in [3.05, 3.63) is 99.9 Å². The van der Waals surface area contributed by atoms with Crippen molar-refractivity contribution in [1.82, 2.24) is 20.4 Å². The number of rotatable bonds is 7. The van der Waals surface area contributed by atoms with Crippen LogP contribution in [0.1, 0.15) is 47.5 Å². The van der Waals surface area contributed by atoms with Crippen LogP contribution in [0.15, 0.2) is 76.3 Å². The van der Waals surface area contributed by atoms with Crippen molar-refractivity contribution < 1.29 is 9.32 Å². The molecule has 1 aliphatic heterocycles. The van der Waals surface area contributed by atoms with E-state index in [1.165, 1.54) is 16.7 Å². The van der Waals surface area contributed by atoms with Crippen molar-refractivity contribution >= 4 is 22.9 Å². The summed E-state index contributed by atoms with van der Waals surface area (Å²) in [7, 11) is 0. The van der Waals surface area contributed by atoms with Crippen LogP contribution in [0, 0.1) is 13.8 Å². The minimum absolute atomic E-state index is 0.111. The van der Waals surface area contributed by atoms with E-state index in [0.717, 1.165) is 34.6 Å². The zero-order chi connectivity index (χ0) is 24.4. The summed E-state index contributed by atoms with van der Waals surface area (Å²) in [6.45, 7) is 6.73. The number of hydrogen-bond donors (Lipinski definition) is 1. The minimum atomic E-state index is -0.371. The summed E-state index contributed by atoms with van der Waals surface area (Å²) in [5, 5.41) is 9.43. The van der Waals surface area contributed by atoms with Crippen molar-refractivity contribution in [3.8, 4) is 10.7 Å². The molecule has 0 spiro atoms. The average Bonchev–Trinajstić information content (AvgIpc) is 3.56. The molecular formula is C28H28N4O2S. The molecule has 0 radical (unpaired) electrons. The van der Waals surface area contributed by atoms with E-state index in [1.807, 2.05) is 42.6 Å². The van der Waals surface area contributed by atoms with Gasteiger partial charge in [-0.15, -0.1) is 11.3 Å². The van der Waals surface area contributed by atoms with E-state index < -0.39 is 0 Å². The number of carbonyl (C=O) groups excluding carboxylic acids is 1. The SMILES string of the molecule is CC1=C(c2nc(-c3cccs3)no2)C(c2ccc(C)c(C)c2)NC(=O)N1CCCc1ccccc1. The monoisotopic (exact) mass is 484 g/mol. The number of urea groups is 1. The molecule has 0 fully saturated rings. The van der Waals surface area contributed by atoms with Gasteiger partial charge in [0.25, 0.3) is 5.89 Å². The molecule has 3 heterocycles. The molecule has 0 saturated heterocycles.